The summed E-state index contributed by atoms with van der Waals surface area (Å²) in [5.74, 6) is 0.0189. The molecule has 2 aromatic carbocycles. The molecule has 0 aliphatic carbocycles. The van der Waals surface area contributed by atoms with Gasteiger partial charge in [0.2, 0.25) is 11.8 Å². The van der Waals surface area contributed by atoms with Gasteiger partial charge in [0.1, 0.15) is 5.75 Å². The lowest BCUT2D eigenvalue weighted by Gasteiger charge is -2.24. The maximum absolute atomic E-state index is 12.5. The van der Waals surface area contributed by atoms with Crippen molar-refractivity contribution in [3.63, 3.8) is 0 Å². The largest absolute Gasteiger partial charge is 0.495 e. The SMILES string of the molecule is COc1ccc(Cl)cc1NC(=O)C(C)N(C)CC(=O)Nc1ccccc1Br. The maximum Gasteiger partial charge on any atom is 0.241 e. The van der Waals surface area contributed by atoms with Crippen LogP contribution in [0.5, 0.6) is 5.75 Å². The lowest BCUT2D eigenvalue weighted by atomic mass is 10.2. The van der Waals surface area contributed by atoms with E-state index in [1.54, 1.807) is 43.1 Å². The van der Waals surface area contributed by atoms with Crippen LogP contribution >= 0.6 is 27.5 Å². The summed E-state index contributed by atoms with van der Waals surface area (Å²) in [5, 5.41) is 6.09. The lowest BCUT2D eigenvalue weighted by molar-refractivity contribution is -0.122. The summed E-state index contributed by atoms with van der Waals surface area (Å²) >= 11 is 9.37. The molecule has 0 aliphatic rings. The Morgan fingerprint density at radius 1 is 1.19 bits per heavy atom. The fourth-order valence-electron chi connectivity index (χ4n) is 2.33. The molecule has 0 radical (unpaired) electrons. The summed E-state index contributed by atoms with van der Waals surface area (Å²) in [6.45, 7) is 1.78. The Bertz CT molecular complexity index is 832. The molecule has 2 N–H and O–H groups in total. The van der Waals surface area contributed by atoms with Gasteiger partial charge in [-0.2, -0.15) is 0 Å². The second-order valence-electron chi connectivity index (χ2n) is 5.95. The molecular formula is C19H21BrClN3O3. The number of likely N-dealkylation sites (N-methyl/N-ethyl adjacent to an activating group) is 1. The molecule has 0 aromatic heterocycles. The van der Waals surface area contributed by atoms with Crippen LogP contribution in [0, 0.1) is 0 Å². The molecule has 27 heavy (non-hydrogen) atoms. The Morgan fingerprint density at radius 3 is 2.56 bits per heavy atom. The topological polar surface area (TPSA) is 70.7 Å². The van der Waals surface area contributed by atoms with Crippen LogP contribution < -0.4 is 15.4 Å². The monoisotopic (exact) mass is 453 g/mol. The molecule has 2 amide bonds. The summed E-state index contributed by atoms with van der Waals surface area (Å²) in [5.41, 5.74) is 1.16. The molecule has 0 saturated carbocycles. The third-order valence-corrected chi connectivity index (χ3v) is 4.93. The Kier molecular flexibility index (Phi) is 7.65. The molecule has 8 heteroatoms. The van der Waals surface area contributed by atoms with Gasteiger partial charge in [-0.1, -0.05) is 23.7 Å². The first kappa shape index (κ1) is 21.2. The number of amides is 2. The van der Waals surface area contributed by atoms with E-state index in [9.17, 15) is 9.59 Å². The van der Waals surface area contributed by atoms with Crippen molar-refractivity contribution in [2.75, 3.05) is 31.3 Å². The average Bonchev–Trinajstić information content (AvgIpc) is 2.63. The zero-order chi connectivity index (χ0) is 20.0. The third-order valence-electron chi connectivity index (χ3n) is 4.00. The van der Waals surface area contributed by atoms with Crippen molar-refractivity contribution in [3.05, 3.63) is 52.0 Å². The number of carbonyl (C=O) groups is 2. The molecule has 6 nitrogen and oxygen atoms in total. The van der Waals surface area contributed by atoms with Crippen LogP contribution in [0.1, 0.15) is 6.92 Å². The smallest absolute Gasteiger partial charge is 0.241 e. The summed E-state index contributed by atoms with van der Waals surface area (Å²) in [7, 11) is 3.22. The Morgan fingerprint density at radius 2 is 1.89 bits per heavy atom. The number of anilines is 2. The predicted octanol–water partition coefficient (Wildman–Crippen LogP) is 4.01. The quantitative estimate of drug-likeness (QED) is 0.663. The molecule has 1 unspecified atom stereocenters. The van der Waals surface area contributed by atoms with Crippen molar-refractivity contribution in [2.24, 2.45) is 0 Å². The Hall–Kier alpha value is -2.09. The molecule has 0 fully saturated rings. The number of nitrogens with zero attached hydrogens (tertiary/aromatic N) is 1. The number of methoxy groups -OCH3 is 1. The first-order chi connectivity index (χ1) is 12.8. The van der Waals surface area contributed by atoms with Crippen molar-refractivity contribution in [1.29, 1.82) is 0 Å². The molecule has 0 aliphatic heterocycles. The van der Waals surface area contributed by atoms with Crippen LogP contribution in [0.25, 0.3) is 0 Å². The van der Waals surface area contributed by atoms with E-state index in [2.05, 4.69) is 26.6 Å². The number of halogens is 2. The average molecular weight is 455 g/mol. The summed E-state index contributed by atoms with van der Waals surface area (Å²) in [6.07, 6.45) is 0. The standard InChI is InChI=1S/C19H21BrClN3O3/c1-12(19(26)23-16-10-13(21)8-9-17(16)27-3)24(2)11-18(25)22-15-7-5-4-6-14(15)20/h4-10,12H,11H2,1-3H3,(H,22,25)(H,23,26). The highest BCUT2D eigenvalue weighted by Gasteiger charge is 2.21. The summed E-state index contributed by atoms with van der Waals surface area (Å²) in [6, 6.07) is 11.8. The van der Waals surface area contributed by atoms with Crippen LogP contribution in [-0.4, -0.2) is 43.5 Å². The molecule has 144 valence electrons. The number of hydrogen-bond acceptors (Lipinski definition) is 4. The van der Waals surface area contributed by atoms with Gasteiger partial charge in [0.25, 0.3) is 0 Å². The number of nitrogens with one attached hydrogen (secondary N) is 2. The van der Waals surface area contributed by atoms with Gasteiger partial charge in [-0.3, -0.25) is 14.5 Å². The highest BCUT2D eigenvalue weighted by atomic mass is 79.9. The van der Waals surface area contributed by atoms with Gasteiger partial charge in [0, 0.05) is 9.50 Å². The minimum absolute atomic E-state index is 0.0581. The Labute approximate surface area is 172 Å². The van der Waals surface area contributed by atoms with E-state index in [1.807, 2.05) is 18.2 Å². The number of hydrogen-bond donors (Lipinski definition) is 2. The highest BCUT2D eigenvalue weighted by Crippen LogP contribution is 2.28. The molecule has 0 bridgehead atoms. The number of carbonyl (C=O) groups excluding carboxylic acids is 2. The summed E-state index contributed by atoms with van der Waals surface area (Å²) < 4.78 is 6.02. The molecule has 0 saturated heterocycles. The van der Waals surface area contributed by atoms with Gasteiger partial charge in [0.05, 0.1) is 31.1 Å². The second-order valence-corrected chi connectivity index (χ2v) is 7.24. The predicted molar refractivity (Wildman–Crippen MR) is 111 cm³/mol. The van der Waals surface area contributed by atoms with E-state index in [1.165, 1.54) is 7.11 Å². The van der Waals surface area contributed by atoms with Crippen LogP contribution in [0.4, 0.5) is 11.4 Å². The van der Waals surface area contributed by atoms with E-state index in [4.69, 9.17) is 16.3 Å². The van der Waals surface area contributed by atoms with Crippen molar-refractivity contribution in [2.45, 2.75) is 13.0 Å². The van der Waals surface area contributed by atoms with Crippen molar-refractivity contribution < 1.29 is 14.3 Å². The van der Waals surface area contributed by atoms with Crippen LogP contribution in [-0.2, 0) is 9.59 Å². The fraction of sp³-hybridized carbons (Fsp3) is 0.263. The normalized spacial score (nSPS) is 11.8. The van der Waals surface area contributed by atoms with Crippen molar-refractivity contribution in [1.82, 2.24) is 4.90 Å². The van der Waals surface area contributed by atoms with E-state index >= 15 is 0 Å². The minimum atomic E-state index is -0.543. The number of para-hydroxylation sites is 1. The zero-order valence-electron chi connectivity index (χ0n) is 15.3. The lowest BCUT2D eigenvalue weighted by Crippen LogP contribution is -2.43. The Balaban J connectivity index is 1.97. The van der Waals surface area contributed by atoms with Gasteiger partial charge >= 0.3 is 0 Å². The van der Waals surface area contributed by atoms with E-state index in [0.29, 0.717) is 22.1 Å². The summed E-state index contributed by atoms with van der Waals surface area (Å²) in [4.78, 5) is 26.5. The van der Waals surface area contributed by atoms with Gasteiger partial charge in [-0.05, 0) is 60.2 Å². The molecule has 2 rings (SSSR count). The molecule has 2 aromatic rings. The highest BCUT2D eigenvalue weighted by molar-refractivity contribution is 9.10. The second kappa shape index (κ2) is 9.73. The minimum Gasteiger partial charge on any atom is -0.495 e. The fourth-order valence-corrected chi connectivity index (χ4v) is 2.89. The van der Waals surface area contributed by atoms with Gasteiger partial charge in [0.15, 0.2) is 0 Å². The molecule has 1 atom stereocenters. The van der Waals surface area contributed by atoms with Gasteiger partial charge < -0.3 is 15.4 Å². The van der Waals surface area contributed by atoms with Crippen molar-refractivity contribution in [3.8, 4) is 5.75 Å². The first-order valence-electron chi connectivity index (χ1n) is 8.21. The molecular weight excluding hydrogens is 434 g/mol. The van der Waals surface area contributed by atoms with E-state index in [-0.39, 0.29) is 18.4 Å². The zero-order valence-corrected chi connectivity index (χ0v) is 17.6. The first-order valence-corrected chi connectivity index (χ1v) is 9.38. The number of benzene rings is 2. The molecule has 0 heterocycles. The molecule has 0 spiro atoms. The number of ether oxygens (including phenoxy) is 1. The van der Waals surface area contributed by atoms with Gasteiger partial charge in [-0.25, -0.2) is 0 Å². The van der Waals surface area contributed by atoms with Crippen molar-refractivity contribution >= 4 is 50.7 Å². The van der Waals surface area contributed by atoms with E-state index in [0.717, 1.165) is 4.47 Å². The maximum atomic E-state index is 12.5. The number of rotatable bonds is 7. The third kappa shape index (κ3) is 5.95. The van der Waals surface area contributed by atoms with E-state index < -0.39 is 6.04 Å². The van der Waals surface area contributed by atoms with Crippen LogP contribution in [0.2, 0.25) is 5.02 Å². The van der Waals surface area contributed by atoms with Crippen LogP contribution in [0.3, 0.4) is 0 Å². The van der Waals surface area contributed by atoms with Crippen LogP contribution in [0.15, 0.2) is 46.9 Å². The van der Waals surface area contributed by atoms with Gasteiger partial charge in [-0.15, -0.1) is 0 Å².